The Bertz CT molecular complexity index is 922. The van der Waals surface area contributed by atoms with Crippen molar-refractivity contribution in [3.63, 3.8) is 0 Å². The first-order valence-electron chi connectivity index (χ1n) is 9.05. The number of benzene rings is 3. The SMILES string of the molecule is CN1Cc2ccc(OCc3ccc(-c4ccc(Cl)cc4)cc3)cc2[C@@H](O)C1. The summed E-state index contributed by atoms with van der Waals surface area (Å²) in [6.45, 7) is 2.01. The minimum Gasteiger partial charge on any atom is -0.489 e. The zero-order valence-corrected chi connectivity index (χ0v) is 16.0. The second-order valence-corrected chi connectivity index (χ2v) is 7.50. The Hall–Kier alpha value is -2.33. The van der Waals surface area contributed by atoms with Crippen LogP contribution in [0.4, 0.5) is 0 Å². The van der Waals surface area contributed by atoms with Crippen LogP contribution in [0.25, 0.3) is 11.1 Å². The van der Waals surface area contributed by atoms with E-state index in [1.54, 1.807) is 0 Å². The summed E-state index contributed by atoms with van der Waals surface area (Å²) < 4.78 is 5.95. The van der Waals surface area contributed by atoms with Crippen LogP contribution < -0.4 is 4.74 Å². The number of ether oxygens (including phenoxy) is 1. The Kier molecular flexibility index (Phi) is 5.17. The Labute approximate surface area is 164 Å². The molecule has 0 aromatic heterocycles. The lowest BCUT2D eigenvalue weighted by molar-refractivity contribution is 0.107. The van der Waals surface area contributed by atoms with Gasteiger partial charge in [0.05, 0.1) is 6.10 Å². The molecular weight excluding hydrogens is 358 g/mol. The van der Waals surface area contributed by atoms with Crippen molar-refractivity contribution < 1.29 is 9.84 Å². The highest BCUT2D eigenvalue weighted by molar-refractivity contribution is 6.30. The molecule has 1 aliphatic heterocycles. The van der Waals surface area contributed by atoms with Crippen molar-refractivity contribution in [3.05, 3.63) is 88.4 Å². The second kappa shape index (κ2) is 7.73. The summed E-state index contributed by atoms with van der Waals surface area (Å²) in [6.07, 6.45) is -0.457. The van der Waals surface area contributed by atoms with Crippen LogP contribution in [0.5, 0.6) is 5.75 Å². The topological polar surface area (TPSA) is 32.7 Å². The van der Waals surface area contributed by atoms with Crippen molar-refractivity contribution in [2.24, 2.45) is 0 Å². The van der Waals surface area contributed by atoms with Gasteiger partial charge < -0.3 is 9.84 Å². The van der Waals surface area contributed by atoms with Crippen LogP contribution in [0.15, 0.2) is 66.7 Å². The zero-order chi connectivity index (χ0) is 18.8. The monoisotopic (exact) mass is 379 g/mol. The van der Waals surface area contributed by atoms with Crippen LogP contribution >= 0.6 is 11.6 Å². The number of hydrogen-bond acceptors (Lipinski definition) is 3. The minimum absolute atomic E-state index is 0.457. The van der Waals surface area contributed by atoms with Crippen molar-refractivity contribution in [2.45, 2.75) is 19.3 Å². The highest BCUT2D eigenvalue weighted by atomic mass is 35.5. The van der Waals surface area contributed by atoms with Gasteiger partial charge in [-0.2, -0.15) is 0 Å². The summed E-state index contributed by atoms with van der Waals surface area (Å²) in [5.41, 5.74) is 5.53. The molecule has 3 aromatic carbocycles. The van der Waals surface area contributed by atoms with Gasteiger partial charge in [-0.25, -0.2) is 0 Å². The molecule has 1 N–H and O–H groups in total. The second-order valence-electron chi connectivity index (χ2n) is 7.07. The van der Waals surface area contributed by atoms with Gasteiger partial charge in [0.15, 0.2) is 0 Å². The summed E-state index contributed by atoms with van der Waals surface area (Å²) in [5.74, 6) is 0.791. The maximum absolute atomic E-state index is 10.3. The summed E-state index contributed by atoms with van der Waals surface area (Å²) in [6, 6.07) is 22.2. The standard InChI is InChI=1S/C23H22ClNO2/c1-25-13-19-8-11-21(12-22(19)23(26)14-25)27-15-16-2-4-17(5-3-16)18-6-9-20(24)10-7-18/h2-12,23,26H,13-15H2,1H3/t23-/m0/s1. The normalized spacial score (nSPS) is 16.8. The zero-order valence-electron chi connectivity index (χ0n) is 15.2. The van der Waals surface area contributed by atoms with Crippen LogP contribution in [0.2, 0.25) is 5.02 Å². The molecule has 0 amide bonds. The van der Waals surface area contributed by atoms with E-state index in [1.165, 1.54) is 0 Å². The molecule has 1 aliphatic rings. The summed E-state index contributed by atoms with van der Waals surface area (Å²) in [5, 5.41) is 11.0. The predicted octanol–water partition coefficient (Wildman–Crippen LogP) is 5.06. The number of aliphatic hydroxyl groups is 1. The largest absolute Gasteiger partial charge is 0.489 e. The van der Waals surface area contributed by atoms with Gasteiger partial charge in [-0.3, -0.25) is 4.90 Å². The van der Waals surface area contributed by atoms with E-state index in [0.717, 1.165) is 45.1 Å². The third-order valence-electron chi connectivity index (χ3n) is 4.94. The van der Waals surface area contributed by atoms with Crippen molar-refractivity contribution in [1.29, 1.82) is 0 Å². The van der Waals surface area contributed by atoms with E-state index in [2.05, 4.69) is 29.2 Å². The van der Waals surface area contributed by atoms with Gasteiger partial charge in [0.2, 0.25) is 0 Å². The number of likely N-dealkylation sites (N-methyl/N-ethyl adjacent to an activating group) is 1. The van der Waals surface area contributed by atoms with E-state index >= 15 is 0 Å². The average Bonchev–Trinajstić information content (AvgIpc) is 2.67. The lowest BCUT2D eigenvalue weighted by Gasteiger charge is -2.29. The molecule has 4 rings (SSSR count). The highest BCUT2D eigenvalue weighted by Gasteiger charge is 2.21. The first-order valence-corrected chi connectivity index (χ1v) is 9.43. The number of nitrogens with zero attached hydrogens (tertiary/aromatic N) is 1. The van der Waals surface area contributed by atoms with Gasteiger partial charge in [-0.05, 0) is 59.1 Å². The highest BCUT2D eigenvalue weighted by Crippen LogP contribution is 2.29. The Morgan fingerprint density at radius 2 is 1.67 bits per heavy atom. The van der Waals surface area contributed by atoms with Gasteiger partial charge in [0.1, 0.15) is 12.4 Å². The number of rotatable bonds is 4. The van der Waals surface area contributed by atoms with Gasteiger partial charge in [0.25, 0.3) is 0 Å². The minimum atomic E-state index is -0.457. The van der Waals surface area contributed by atoms with Crippen LogP contribution in [0, 0.1) is 0 Å². The average molecular weight is 380 g/mol. The molecular formula is C23H22ClNO2. The molecule has 3 aromatic rings. The van der Waals surface area contributed by atoms with Crippen molar-refractivity contribution >= 4 is 11.6 Å². The number of β-amino-alcohol motifs (C(OH)–C–C–N with tert-alkyl or cyclic N) is 1. The lowest BCUT2D eigenvalue weighted by atomic mass is 9.97. The number of hydrogen-bond donors (Lipinski definition) is 1. The molecule has 0 radical (unpaired) electrons. The Balaban J connectivity index is 1.43. The van der Waals surface area contributed by atoms with E-state index in [1.807, 2.05) is 49.5 Å². The molecule has 0 saturated heterocycles. The molecule has 0 bridgehead atoms. The maximum atomic E-state index is 10.3. The van der Waals surface area contributed by atoms with Crippen LogP contribution in [-0.2, 0) is 13.2 Å². The molecule has 0 fully saturated rings. The van der Waals surface area contributed by atoms with Crippen molar-refractivity contribution in [3.8, 4) is 16.9 Å². The maximum Gasteiger partial charge on any atom is 0.120 e. The van der Waals surface area contributed by atoms with Gasteiger partial charge in [0, 0.05) is 18.1 Å². The fourth-order valence-electron chi connectivity index (χ4n) is 3.47. The third-order valence-corrected chi connectivity index (χ3v) is 5.19. The van der Waals surface area contributed by atoms with Crippen molar-refractivity contribution in [1.82, 2.24) is 4.90 Å². The van der Waals surface area contributed by atoms with E-state index < -0.39 is 6.10 Å². The molecule has 0 unspecified atom stereocenters. The van der Waals surface area contributed by atoms with E-state index in [4.69, 9.17) is 16.3 Å². The first kappa shape index (κ1) is 18.1. The van der Waals surface area contributed by atoms with E-state index in [9.17, 15) is 5.11 Å². The smallest absolute Gasteiger partial charge is 0.120 e. The molecule has 0 spiro atoms. The fourth-order valence-corrected chi connectivity index (χ4v) is 3.59. The molecule has 1 heterocycles. The Morgan fingerprint density at radius 1 is 1.00 bits per heavy atom. The molecule has 0 saturated carbocycles. The molecule has 3 nitrogen and oxygen atoms in total. The lowest BCUT2D eigenvalue weighted by Crippen LogP contribution is -2.30. The molecule has 138 valence electrons. The summed E-state index contributed by atoms with van der Waals surface area (Å²) >= 11 is 5.95. The summed E-state index contributed by atoms with van der Waals surface area (Å²) in [4.78, 5) is 2.12. The molecule has 4 heteroatoms. The van der Waals surface area contributed by atoms with Crippen LogP contribution in [0.3, 0.4) is 0 Å². The quantitative estimate of drug-likeness (QED) is 0.687. The third kappa shape index (κ3) is 4.16. The number of halogens is 1. The molecule has 0 aliphatic carbocycles. The van der Waals surface area contributed by atoms with Gasteiger partial charge >= 0.3 is 0 Å². The predicted molar refractivity (Wildman–Crippen MR) is 109 cm³/mol. The van der Waals surface area contributed by atoms with Crippen LogP contribution in [-0.4, -0.2) is 23.6 Å². The Morgan fingerprint density at radius 3 is 2.37 bits per heavy atom. The van der Waals surface area contributed by atoms with E-state index in [0.29, 0.717) is 13.2 Å². The molecule has 27 heavy (non-hydrogen) atoms. The van der Waals surface area contributed by atoms with E-state index in [-0.39, 0.29) is 0 Å². The summed E-state index contributed by atoms with van der Waals surface area (Å²) in [7, 11) is 2.02. The number of aliphatic hydroxyl groups excluding tert-OH is 1. The molecule has 1 atom stereocenters. The number of fused-ring (bicyclic) bond motifs is 1. The van der Waals surface area contributed by atoms with Gasteiger partial charge in [-0.15, -0.1) is 0 Å². The fraction of sp³-hybridized carbons (Fsp3) is 0.217. The van der Waals surface area contributed by atoms with Crippen LogP contribution in [0.1, 0.15) is 22.8 Å². The van der Waals surface area contributed by atoms with Gasteiger partial charge in [-0.1, -0.05) is 54.1 Å². The first-order chi connectivity index (χ1) is 13.1. The van der Waals surface area contributed by atoms with Crippen molar-refractivity contribution in [2.75, 3.05) is 13.6 Å².